The minimum absolute atomic E-state index is 0.0786. The highest BCUT2D eigenvalue weighted by atomic mass is 16.5. The minimum atomic E-state index is 0.0786. The van der Waals surface area contributed by atoms with Gasteiger partial charge in [0.1, 0.15) is 18.0 Å². The second-order valence-corrected chi connectivity index (χ2v) is 6.92. The van der Waals surface area contributed by atoms with Crippen LogP contribution in [0.5, 0.6) is 5.75 Å². The number of hydrogen-bond donors (Lipinski definition) is 1. The summed E-state index contributed by atoms with van der Waals surface area (Å²) in [4.78, 5) is 0. The normalized spacial score (nSPS) is 25.5. The summed E-state index contributed by atoms with van der Waals surface area (Å²) in [7, 11) is 3.74. The van der Waals surface area contributed by atoms with Crippen molar-refractivity contribution in [3.63, 3.8) is 0 Å². The Bertz CT molecular complexity index is 479. The molecule has 118 valence electrons. The van der Waals surface area contributed by atoms with E-state index in [-0.39, 0.29) is 17.6 Å². The van der Waals surface area contributed by atoms with Crippen molar-refractivity contribution in [2.24, 2.45) is 0 Å². The number of likely N-dealkylation sites (N-methyl/N-ethyl adjacent to an activating group) is 1. The lowest BCUT2D eigenvalue weighted by Gasteiger charge is -2.43. The van der Waals surface area contributed by atoms with Gasteiger partial charge in [0.2, 0.25) is 0 Å². The second kappa shape index (κ2) is 6.37. The Balaban J connectivity index is 2.20. The highest BCUT2D eigenvalue weighted by Gasteiger charge is 2.42. The van der Waals surface area contributed by atoms with E-state index < -0.39 is 0 Å². The predicted octanol–water partition coefficient (Wildman–Crippen LogP) is 3.30. The van der Waals surface area contributed by atoms with Gasteiger partial charge in [0.15, 0.2) is 0 Å². The van der Waals surface area contributed by atoms with Gasteiger partial charge in [-0.2, -0.15) is 0 Å². The number of hydrogen-bond acceptors (Lipinski definition) is 3. The van der Waals surface area contributed by atoms with E-state index in [1.54, 1.807) is 7.11 Å². The number of rotatable bonds is 5. The van der Waals surface area contributed by atoms with Crippen molar-refractivity contribution < 1.29 is 9.47 Å². The molecule has 0 saturated heterocycles. The summed E-state index contributed by atoms with van der Waals surface area (Å²) in [6.45, 7) is 8.89. The molecular formula is C18H29NO2. The van der Waals surface area contributed by atoms with E-state index in [4.69, 9.17) is 9.47 Å². The van der Waals surface area contributed by atoms with Gasteiger partial charge in [0.25, 0.3) is 0 Å². The van der Waals surface area contributed by atoms with Crippen molar-refractivity contribution in [3.8, 4) is 5.75 Å². The summed E-state index contributed by atoms with van der Waals surface area (Å²) in [6.07, 6.45) is 2.32. The maximum absolute atomic E-state index is 6.28. The zero-order chi connectivity index (χ0) is 15.6. The van der Waals surface area contributed by atoms with Gasteiger partial charge in [0.05, 0.1) is 0 Å². The molecule has 0 radical (unpaired) electrons. The van der Waals surface area contributed by atoms with Crippen LogP contribution in [0.3, 0.4) is 0 Å². The molecule has 0 bridgehead atoms. The van der Waals surface area contributed by atoms with Crippen LogP contribution in [0.1, 0.15) is 45.2 Å². The smallest absolute Gasteiger partial charge is 0.128 e. The molecule has 0 spiro atoms. The lowest BCUT2D eigenvalue weighted by molar-refractivity contribution is -0.0874. The van der Waals surface area contributed by atoms with E-state index in [1.165, 1.54) is 11.1 Å². The highest BCUT2D eigenvalue weighted by molar-refractivity contribution is 5.42. The molecule has 0 aliphatic heterocycles. The molecular weight excluding hydrogens is 262 g/mol. The fourth-order valence-electron chi connectivity index (χ4n) is 2.94. The maximum atomic E-state index is 6.28. The molecule has 1 saturated carbocycles. The predicted molar refractivity (Wildman–Crippen MR) is 87.2 cm³/mol. The van der Waals surface area contributed by atoms with E-state index in [1.807, 2.05) is 7.05 Å². The van der Waals surface area contributed by atoms with Gasteiger partial charge in [0, 0.05) is 19.6 Å². The van der Waals surface area contributed by atoms with Crippen LogP contribution in [-0.4, -0.2) is 32.4 Å². The third-order valence-corrected chi connectivity index (χ3v) is 4.43. The lowest BCUT2D eigenvalue weighted by atomic mass is 9.83. The third-order valence-electron chi connectivity index (χ3n) is 4.43. The molecule has 0 aromatic heterocycles. The van der Waals surface area contributed by atoms with Crippen LogP contribution >= 0.6 is 0 Å². The summed E-state index contributed by atoms with van der Waals surface area (Å²) < 4.78 is 11.8. The van der Waals surface area contributed by atoms with Gasteiger partial charge in [-0.25, -0.2) is 0 Å². The zero-order valence-electron chi connectivity index (χ0n) is 14.2. The van der Waals surface area contributed by atoms with Crippen LogP contribution in [-0.2, 0) is 16.6 Å². The van der Waals surface area contributed by atoms with E-state index in [2.05, 4.69) is 51.2 Å². The van der Waals surface area contributed by atoms with Gasteiger partial charge < -0.3 is 14.8 Å². The van der Waals surface area contributed by atoms with E-state index in [9.17, 15) is 0 Å². The monoisotopic (exact) mass is 291 g/mol. The fourth-order valence-corrected chi connectivity index (χ4v) is 2.94. The molecule has 0 heterocycles. The molecule has 3 nitrogen and oxygen atoms in total. The largest absolute Gasteiger partial charge is 0.487 e. The molecule has 1 aliphatic rings. The van der Waals surface area contributed by atoms with Crippen LogP contribution in [0.25, 0.3) is 0 Å². The van der Waals surface area contributed by atoms with Crippen molar-refractivity contribution in [1.29, 1.82) is 0 Å². The maximum Gasteiger partial charge on any atom is 0.128 e. The van der Waals surface area contributed by atoms with Crippen molar-refractivity contribution in [2.75, 3.05) is 14.2 Å². The molecule has 1 N–H and O–H groups in total. The van der Waals surface area contributed by atoms with Gasteiger partial charge in [-0.3, -0.25) is 0 Å². The summed E-state index contributed by atoms with van der Waals surface area (Å²) in [5.74, 6) is 1.00. The Hall–Kier alpha value is -1.06. The van der Waals surface area contributed by atoms with Gasteiger partial charge in [-0.05, 0) is 36.1 Å². The number of nitrogens with one attached hydrogen (secondary N) is 1. The van der Waals surface area contributed by atoms with Crippen LogP contribution in [0.2, 0.25) is 0 Å². The molecule has 2 rings (SSSR count). The number of benzene rings is 1. The molecule has 3 atom stereocenters. The summed E-state index contributed by atoms with van der Waals surface area (Å²) in [6, 6.07) is 6.97. The quantitative estimate of drug-likeness (QED) is 0.903. The Morgan fingerprint density at radius 1 is 1.29 bits per heavy atom. The lowest BCUT2D eigenvalue weighted by Crippen LogP contribution is -2.60. The summed E-state index contributed by atoms with van der Waals surface area (Å²) in [5.41, 5.74) is 2.72. The first kappa shape index (κ1) is 16.3. The molecule has 3 heteroatoms. The first-order valence-electron chi connectivity index (χ1n) is 7.90. The molecule has 3 unspecified atom stereocenters. The molecule has 1 aliphatic carbocycles. The SMILES string of the molecule is CCc1ccc(OC2CC(NC)C2OC)c(C(C)(C)C)c1. The van der Waals surface area contributed by atoms with Gasteiger partial charge in [-0.15, -0.1) is 0 Å². The van der Waals surface area contributed by atoms with E-state index in [0.29, 0.717) is 6.04 Å². The van der Waals surface area contributed by atoms with Crippen molar-refractivity contribution in [3.05, 3.63) is 29.3 Å². The van der Waals surface area contributed by atoms with Crippen LogP contribution < -0.4 is 10.1 Å². The van der Waals surface area contributed by atoms with Crippen molar-refractivity contribution >= 4 is 0 Å². The molecule has 1 fully saturated rings. The molecule has 1 aromatic rings. The summed E-state index contributed by atoms with van der Waals surface area (Å²) in [5, 5.41) is 3.28. The highest BCUT2D eigenvalue weighted by Crippen LogP contribution is 2.36. The second-order valence-electron chi connectivity index (χ2n) is 6.92. The number of ether oxygens (including phenoxy) is 2. The van der Waals surface area contributed by atoms with Crippen LogP contribution in [0.4, 0.5) is 0 Å². The minimum Gasteiger partial charge on any atom is -0.487 e. The third kappa shape index (κ3) is 3.41. The van der Waals surface area contributed by atoms with E-state index >= 15 is 0 Å². The Labute approximate surface area is 129 Å². The average Bonchev–Trinajstić information content (AvgIpc) is 2.42. The van der Waals surface area contributed by atoms with Crippen molar-refractivity contribution in [1.82, 2.24) is 5.32 Å². The Morgan fingerprint density at radius 3 is 2.52 bits per heavy atom. The topological polar surface area (TPSA) is 30.5 Å². The first-order valence-corrected chi connectivity index (χ1v) is 7.90. The van der Waals surface area contributed by atoms with Gasteiger partial charge in [-0.1, -0.05) is 39.8 Å². The fraction of sp³-hybridized carbons (Fsp3) is 0.667. The Morgan fingerprint density at radius 2 is 2.00 bits per heavy atom. The van der Waals surface area contributed by atoms with Crippen molar-refractivity contribution in [2.45, 2.75) is 64.2 Å². The Kier molecular flexibility index (Phi) is 4.95. The average molecular weight is 291 g/mol. The standard InChI is InChI=1S/C18H29NO2/c1-7-12-8-9-15(13(10-12)18(2,3)4)21-16-11-14(19-5)17(16)20-6/h8-10,14,16-17,19H,7,11H2,1-6H3. The number of aryl methyl sites for hydroxylation is 1. The molecule has 0 amide bonds. The van der Waals surface area contributed by atoms with Crippen LogP contribution in [0.15, 0.2) is 18.2 Å². The van der Waals surface area contributed by atoms with Gasteiger partial charge >= 0.3 is 0 Å². The van der Waals surface area contributed by atoms with Crippen LogP contribution in [0, 0.1) is 0 Å². The van der Waals surface area contributed by atoms with E-state index in [0.717, 1.165) is 18.6 Å². The summed E-state index contributed by atoms with van der Waals surface area (Å²) >= 11 is 0. The zero-order valence-corrected chi connectivity index (χ0v) is 14.2. The molecule has 1 aromatic carbocycles. The molecule has 21 heavy (non-hydrogen) atoms. The first-order chi connectivity index (χ1) is 9.90. The number of methoxy groups -OCH3 is 1.